The van der Waals surface area contributed by atoms with Gasteiger partial charge < -0.3 is 0 Å². The summed E-state index contributed by atoms with van der Waals surface area (Å²) in [4.78, 5) is 18.4. The number of thiazole rings is 2. The summed E-state index contributed by atoms with van der Waals surface area (Å²) < 4.78 is 0. The number of nitrogens with zero attached hydrogens (tertiary/aromatic N) is 4. The molecular formula is C43H30N4S2. The topological polar surface area (TPSA) is 51.6 Å². The summed E-state index contributed by atoms with van der Waals surface area (Å²) in [6.45, 7) is 2.03. The maximum absolute atomic E-state index is 4.68. The fourth-order valence-corrected chi connectivity index (χ4v) is 7.40. The molecule has 6 heteroatoms. The first-order chi connectivity index (χ1) is 24.2. The Hall–Kier alpha value is -5.82. The lowest BCUT2D eigenvalue weighted by Crippen LogP contribution is -1.94. The zero-order chi connectivity index (χ0) is 33.0. The van der Waals surface area contributed by atoms with Crippen LogP contribution >= 0.6 is 22.7 Å². The molecule has 0 bridgehead atoms. The summed E-state index contributed by atoms with van der Waals surface area (Å²) in [5, 5.41) is 8.10. The highest BCUT2D eigenvalue weighted by atomic mass is 32.1. The number of fused-ring (bicyclic) bond motifs is 1. The predicted molar refractivity (Wildman–Crippen MR) is 207 cm³/mol. The molecule has 8 aromatic rings. The van der Waals surface area contributed by atoms with E-state index in [0.29, 0.717) is 0 Å². The van der Waals surface area contributed by atoms with Crippen molar-refractivity contribution >= 4 is 39.5 Å². The van der Waals surface area contributed by atoms with E-state index in [2.05, 4.69) is 141 Å². The Balaban J connectivity index is 1.36. The Morgan fingerprint density at radius 2 is 1.10 bits per heavy atom. The van der Waals surface area contributed by atoms with E-state index in [1.807, 2.05) is 48.5 Å². The Morgan fingerprint density at radius 1 is 0.490 bits per heavy atom. The van der Waals surface area contributed by atoms with Gasteiger partial charge in [0.05, 0.1) is 11.4 Å². The number of allylic oxidation sites excluding steroid dienone is 3. The molecule has 0 atom stereocenters. The molecule has 0 unspecified atom stereocenters. The van der Waals surface area contributed by atoms with E-state index in [1.165, 1.54) is 16.7 Å². The minimum atomic E-state index is 0.866. The third-order valence-electron chi connectivity index (χ3n) is 8.49. The van der Waals surface area contributed by atoms with Crippen LogP contribution in [0.15, 0.2) is 157 Å². The smallest absolute Gasteiger partial charge is 0.141 e. The van der Waals surface area contributed by atoms with Gasteiger partial charge in [-0.3, -0.25) is 9.97 Å². The van der Waals surface area contributed by atoms with Gasteiger partial charge in [0.25, 0.3) is 0 Å². The van der Waals surface area contributed by atoms with Gasteiger partial charge in [0.2, 0.25) is 0 Å². The fraction of sp³-hybridized carbons (Fsp3) is 0.0233. The number of hydrogen-bond donors (Lipinski definition) is 0. The summed E-state index contributed by atoms with van der Waals surface area (Å²) in [5.74, 6) is 0. The first-order valence-electron chi connectivity index (χ1n) is 16.0. The second-order valence-electron chi connectivity index (χ2n) is 11.5. The molecule has 4 heterocycles. The van der Waals surface area contributed by atoms with Crippen LogP contribution < -0.4 is 0 Å². The second-order valence-corrected chi connectivity index (χ2v) is 13.3. The van der Waals surface area contributed by atoms with Gasteiger partial charge in [-0.1, -0.05) is 91.0 Å². The molecule has 0 saturated heterocycles. The molecule has 0 fully saturated rings. The molecule has 49 heavy (non-hydrogen) atoms. The van der Waals surface area contributed by atoms with Crippen molar-refractivity contribution in [1.29, 1.82) is 0 Å². The Morgan fingerprint density at radius 3 is 1.76 bits per heavy atom. The lowest BCUT2D eigenvalue weighted by Gasteiger charge is -2.18. The van der Waals surface area contributed by atoms with E-state index in [-0.39, 0.29) is 0 Å². The molecule has 234 valence electrons. The molecule has 0 aliphatic heterocycles. The van der Waals surface area contributed by atoms with Crippen LogP contribution in [0.25, 0.3) is 82.8 Å². The van der Waals surface area contributed by atoms with Crippen LogP contribution in [0, 0.1) is 0 Å². The summed E-state index contributed by atoms with van der Waals surface area (Å²) in [6.07, 6.45) is 15.8. The maximum atomic E-state index is 4.68. The van der Waals surface area contributed by atoms with Crippen molar-refractivity contribution in [3.05, 3.63) is 162 Å². The normalized spacial score (nSPS) is 11.6. The van der Waals surface area contributed by atoms with Gasteiger partial charge in [-0.25, -0.2) is 9.97 Å². The molecule has 4 aromatic carbocycles. The van der Waals surface area contributed by atoms with Crippen LogP contribution in [-0.4, -0.2) is 19.9 Å². The number of aromatic nitrogens is 4. The average molecular weight is 667 g/mol. The number of rotatable bonds is 8. The Kier molecular flexibility index (Phi) is 8.55. The standard InChI is InChI=1S/C43H30N4S2/c1-2-3-5-10-34-26-37(33-17-19-44-39(27-33)42-46-21-23-48-42)38-25-32(31-13-11-30(12-14-31)29-8-6-4-7-9-29)15-16-36(38)41(34)35-18-20-45-40(28-35)43-47-22-24-49-43/h2-28H,1H3/b3-2-,10-5-. The first kappa shape index (κ1) is 30.5. The van der Waals surface area contributed by atoms with Crippen LogP contribution in [-0.2, 0) is 0 Å². The second kappa shape index (κ2) is 13.7. The van der Waals surface area contributed by atoms with Crippen molar-refractivity contribution in [1.82, 2.24) is 19.9 Å². The van der Waals surface area contributed by atoms with Crippen LogP contribution in [0.1, 0.15) is 12.5 Å². The molecule has 8 rings (SSSR count). The zero-order valence-corrected chi connectivity index (χ0v) is 28.3. The number of pyridine rings is 2. The van der Waals surface area contributed by atoms with E-state index >= 15 is 0 Å². The van der Waals surface area contributed by atoms with E-state index < -0.39 is 0 Å². The van der Waals surface area contributed by atoms with E-state index in [9.17, 15) is 0 Å². The largest absolute Gasteiger partial charge is 0.254 e. The van der Waals surface area contributed by atoms with Gasteiger partial charge in [0.15, 0.2) is 0 Å². The van der Waals surface area contributed by atoms with Crippen molar-refractivity contribution < 1.29 is 0 Å². The van der Waals surface area contributed by atoms with Crippen molar-refractivity contribution in [2.45, 2.75) is 6.92 Å². The first-order valence-corrected chi connectivity index (χ1v) is 17.8. The molecular weight excluding hydrogens is 637 g/mol. The predicted octanol–water partition coefficient (Wildman–Crippen LogP) is 12.1. The van der Waals surface area contributed by atoms with Crippen molar-refractivity contribution in [3.63, 3.8) is 0 Å². The van der Waals surface area contributed by atoms with Crippen molar-refractivity contribution in [2.24, 2.45) is 0 Å². The molecule has 0 spiro atoms. The number of benzene rings is 4. The number of hydrogen-bond acceptors (Lipinski definition) is 6. The molecule has 4 aromatic heterocycles. The summed E-state index contributed by atoms with van der Waals surface area (Å²) >= 11 is 3.19. The average Bonchev–Trinajstić information content (AvgIpc) is 3.91. The minimum absolute atomic E-state index is 0.866. The summed E-state index contributed by atoms with van der Waals surface area (Å²) in [6, 6.07) is 37.0. The van der Waals surface area contributed by atoms with Gasteiger partial charge in [-0.15, -0.1) is 22.7 Å². The lowest BCUT2D eigenvalue weighted by molar-refractivity contribution is 1.29. The molecule has 0 aliphatic carbocycles. The van der Waals surface area contributed by atoms with Crippen LogP contribution in [0.4, 0.5) is 0 Å². The van der Waals surface area contributed by atoms with Gasteiger partial charge in [-0.2, -0.15) is 0 Å². The molecule has 0 amide bonds. The van der Waals surface area contributed by atoms with E-state index in [0.717, 1.165) is 65.6 Å². The summed E-state index contributed by atoms with van der Waals surface area (Å²) in [5.41, 5.74) is 12.1. The highest BCUT2D eigenvalue weighted by Gasteiger charge is 2.17. The zero-order valence-electron chi connectivity index (χ0n) is 26.7. The van der Waals surface area contributed by atoms with Crippen LogP contribution in [0.3, 0.4) is 0 Å². The highest BCUT2D eigenvalue weighted by molar-refractivity contribution is 7.13. The Bertz CT molecular complexity index is 2430. The fourth-order valence-electron chi connectivity index (χ4n) is 6.19. The monoisotopic (exact) mass is 666 g/mol. The van der Waals surface area contributed by atoms with Crippen LogP contribution in [0.2, 0.25) is 0 Å². The molecule has 0 saturated carbocycles. The third-order valence-corrected chi connectivity index (χ3v) is 10.1. The van der Waals surface area contributed by atoms with Gasteiger partial charge in [0, 0.05) is 35.5 Å². The summed E-state index contributed by atoms with van der Waals surface area (Å²) in [7, 11) is 0. The quantitative estimate of drug-likeness (QED) is 0.151. The van der Waals surface area contributed by atoms with Crippen molar-refractivity contribution in [3.8, 4) is 65.9 Å². The van der Waals surface area contributed by atoms with E-state index in [4.69, 9.17) is 0 Å². The molecule has 0 radical (unpaired) electrons. The molecule has 0 N–H and O–H groups in total. The van der Waals surface area contributed by atoms with Crippen LogP contribution in [0.5, 0.6) is 0 Å². The Labute approximate surface area is 293 Å². The van der Waals surface area contributed by atoms with E-state index in [1.54, 1.807) is 22.7 Å². The maximum Gasteiger partial charge on any atom is 0.141 e. The molecule has 4 nitrogen and oxygen atoms in total. The lowest BCUT2D eigenvalue weighted by atomic mass is 9.86. The van der Waals surface area contributed by atoms with Gasteiger partial charge in [0.1, 0.15) is 10.0 Å². The minimum Gasteiger partial charge on any atom is -0.254 e. The SMILES string of the molecule is C/C=C\C=C/c1cc(-c2ccnc(-c3nccs3)c2)c2cc(-c3ccc(-c4ccccc4)cc3)ccc2c1-c1ccnc(-c2nccs2)c1. The third kappa shape index (κ3) is 6.27. The van der Waals surface area contributed by atoms with Crippen molar-refractivity contribution in [2.75, 3.05) is 0 Å². The molecule has 0 aliphatic rings. The highest BCUT2D eigenvalue weighted by Crippen LogP contribution is 2.42. The van der Waals surface area contributed by atoms with Gasteiger partial charge >= 0.3 is 0 Å². The van der Waals surface area contributed by atoms with Gasteiger partial charge in [-0.05, 0) is 104 Å².